The monoisotopic (exact) mass is 319 g/mol. The number of carboxylic acid groups (broad SMARTS) is 1. The molecule has 1 aromatic carbocycles. The van der Waals surface area contributed by atoms with Gasteiger partial charge in [-0.1, -0.05) is 0 Å². The van der Waals surface area contributed by atoms with Crippen molar-refractivity contribution in [2.75, 3.05) is 26.9 Å². The summed E-state index contributed by atoms with van der Waals surface area (Å²) in [5.41, 5.74) is 0. The summed E-state index contributed by atoms with van der Waals surface area (Å²) in [4.78, 5) is 10.6. The molecule has 1 aromatic rings. The highest BCUT2D eigenvalue weighted by atomic mass is 32.2. The standard InChI is InChI=1S/C12H17NO7S/c1-19-6-7-20-9-2-4-10(5-3-9)21(17,18)13-11(8-14)12(15)16/h2-5,11,13-14H,6-8H2,1H3,(H,15,16)/t11-/m1/s1. The van der Waals surface area contributed by atoms with Crippen LogP contribution in [0, 0.1) is 0 Å². The Kier molecular flexibility index (Phi) is 6.56. The number of benzene rings is 1. The second-order valence-electron chi connectivity index (χ2n) is 4.01. The number of rotatable bonds is 9. The van der Waals surface area contributed by atoms with Gasteiger partial charge in [0.25, 0.3) is 0 Å². The predicted octanol–water partition coefficient (Wildman–Crippen LogP) is -0.564. The SMILES string of the molecule is COCCOc1ccc(S(=O)(=O)N[C@H](CO)C(=O)O)cc1. The number of carbonyl (C=O) groups is 1. The Morgan fingerprint density at radius 2 is 1.90 bits per heavy atom. The average Bonchev–Trinajstić information content (AvgIpc) is 2.45. The van der Waals surface area contributed by atoms with Crippen LogP contribution < -0.4 is 9.46 Å². The van der Waals surface area contributed by atoms with Crippen LogP contribution in [0.25, 0.3) is 0 Å². The maximum atomic E-state index is 11.9. The number of sulfonamides is 1. The Hall–Kier alpha value is -1.68. The van der Waals surface area contributed by atoms with Crippen LogP contribution in [0.5, 0.6) is 5.75 Å². The molecule has 0 radical (unpaired) electrons. The summed E-state index contributed by atoms with van der Waals surface area (Å²) in [6.45, 7) is -0.113. The fourth-order valence-electron chi connectivity index (χ4n) is 1.38. The van der Waals surface area contributed by atoms with Crippen LogP contribution in [-0.2, 0) is 19.6 Å². The molecule has 8 nitrogen and oxygen atoms in total. The summed E-state index contributed by atoms with van der Waals surface area (Å²) in [6, 6.07) is 3.85. The first kappa shape index (κ1) is 17.4. The fraction of sp³-hybridized carbons (Fsp3) is 0.417. The van der Waals surface area contributed by atoms with E-state index in [1.54, 1.807) is 0 Å². The molecule has 21 heavy (non-hydrogen) atoms. The van der Waals surface area contributed by atoms with Crippen molar-refractivity contribution in [1.82, 2.24) is 4.72 Å². The summed E-state index contributed by atoms with van der Waals surface area (Å²) < 4.78 is 35.8. The lowest BCUT2D eigenvalue weighted by atomic mass is 10.3. The van der Waals surface area contributed by atoms with Gasteiger partial charge in [0.1, 0.15) is 18.4 Å². The van der Waals surface area contributed by atoms with Crippen LogP contribution in [0.15, 0.2) is 29.2 Å². The molecule has 0 aliphatic rings. The van der Waals surface area contributed by atoms with E-state index in [4.69, 9.17) is 19.7 Å². The van der Waals surface area contributed by atoms with E-state index in [1.807, 2.05) is 4.72 Å². The summed E-state index contributed by atoms with van der Waals surface area (Å²) in [5, 5.41) is 17.6. The number of nitrogens with one attached hydrogen (secondary N) is 1. The molecule has 3 N–H and O–H groups in total. The number of aliphatic hydroxyl groups excluding tert-OH is 1. The van der Waals surface area contributed by atoms with Crippen LogP contribution in [0.1, 0.15) is 0 Å². The summed E-state index contributed by atoms with van der Waals surface area (Å²) in [6.07, 6.45) is 0. The van der Waals surface area contributed by atoms with E-state index < -0.39 is 28.6 Å². The molecular formula is C12H17NO7S. The minimum Gasteiger partial charge on any atom is -0.491 e. The molecule has 0 aromatic heterocycles. The Bertz CT molecular complexity index is 555. The predicted molar refractivity (Wildman–Crippen MR) is 72.6 cm³/mol. The van der Waals surface area contributed by atoms with Gasteiger partial charge in [-0.15, -0.1) is 0 Å². The number of hydrogen-bond donors (Lipinski definition) is 3. The van der Waals surface area contributed by atoms with Crippen molar-refractivity contribution in [1.29, 1.82) is 0 Å². The lowest BCUT2D eigenvalue weighted by Crippen LogP contribution is -2.43. The van der Waals surface area contributed by atoms with Gasteiger partial charge < -0.3 is 19.7 Å². The number of carboxylic acids is 1. The smallest absolute Gasteiger partial charge is 0.324 e. The first-order chi connectivity index (χ1) is 9.90. The maximum Gasteiger partial charge on any atom is 0.324 e. The first-order valence-electron chi connectivity index (χ1n) is 5.98. The van der Waals surface area contributed by atoms with E-state index in [-0.39, 0.29) is 4.90 Å². The molecule has 0 aliphatic heterocycles. The van der Waals surface area contributed by atoms with Gasteiger partial charge in [-0.05, 0) is 24.3 Å². The Morgan fingerprint density at radius 1 is 1.29 bits per heavy atom. The molecule has 1 atom stereocenters. The van der Waals surface area contributed by atoms with E-state index in [0.29, 0.717) is 19.0 Å². The summed E-state index contributed by atoms with van der Waals surface area (Å²) >= 11 is 0. The quantitative estimate of drug-likeness (QED) is 0.521. The third-order valence-corrected chi connectivity index (χ3v) is 3.96. The largest absolute Gasteiger partial charge is 0.491 e. The number of aliphatic hydroxyl groups is 1. The lowest BCUT2D eigenvalue weighted by molar-refractivity contribution is -0.139. The molecule has 0 spiro atoms. The van der Waals surface area contributed by atoms with Crippen LogP contribution in [0.2, 0.25) is 0 Å². The minimum atomic E-state index is -4.03. The summed E-state index contributed by atoms with van der Waals surface area (Å²) in [5.74, 6) is -0.997. The number of ether oxygens (including phenoxy) is 2. The van der Waals surface area contributed by atoms with Gasteiger partial charge in [0.15, 0.2) is 0 Å². The fourth-order valence-corrected chi connectivity index (χ4v) is 2.56. The topological polar surface area (TPSA) is 122 Å². The van der Waals surface area contributed by atoms with Gasteiger partial charge in [-0.3, -0.25) is 4.79 Å². The molecule has 0 bridgehead atoms. The van der Waals surface area contributed by atoms with Gasteiger partial charge in [0, 0.05) is 7.11 Å². The van der Waals surface area contributed by atoms with Crippen LogP contribution in [-0.4, -0.2) is 57.6 Å². The average molecular weight is 319 g/mol. The maximum absolute atomic E-state index is 11.9. The van der Waals surface area contributed by atoms with Crippen LogP contribution in [0.3, 0.4) is 0 Å². The van der Waals surface area contributed by atoms with Crippen LogP contribution in [0.4, 0.5) is 0 Å². The Balaban J connectivity index is 2.77. The van der Waals surface area contributed by atoms with Gasteiger partial charge in [-0.25, -0.2) is 8.42 Å². The van der Waals surface area contributed by atoms with Gasteiger partial charge in [-0.2, -0.15) is 4.72 Å². The summed E-state index contributed by atoms with van der Waals surface area (Å²) in [7, 11) is -2.50. The Labute approximate surface area is 122 Å². The van der Waals surface area contributed by atoms with Crippen molar-refractivity contribution in [3.63, 3.8) is 0 Å². The van der Waals surface area contributed by atoms with E-state index in [1.165, 1.54) is 31.4 Å². The zero-order valence-corrected chi connectivity index (χ0v) is 12.2. The Morgan fingerprint density at radius 3 is 2.38 bits per heavy atom. The third kappa shape index (κ3) is 5.31. The van der Waals surface area contributed by atoms with Gasteiger partial charge in [0.2, 0.25) is 10.0 Å². The highest BCUT2D eigenvalue weighted by molar-refractivity contribution is 7.89. The molecule has 0 saturated carbocycles. The van der Waals surface area contributed by atoms with Crippen molar-refractivity contribution in [3.8, 4) is 5.75 Å². The van der Waals surface area contributed by atoms with E-state index >= 15 is 0 Å². The van der Waals surface area contributed by atoms with Crippen molar-refractivity contribution in [2.45, 2.75) is 10.9 Å². The molecule has 0 heterocycles. The van der Waals surface area contributed by atoms with E-state index in [2.05, 4.69) is 0 Å². The molecule has 0 fully saturated rings. The zero-order chi connectivity index (χ0) is 15.9. The number of hydrogen-bond acceptors (Lipinski definition) is 6. The first-order valence-corrected chi connectivity index (χ1v) is 7.47. The van der Waals surface area contributed by atoms with Crippen LogP contribution >= 0.6 is 0 Å². The van der Waals surface area contributed by atoms with Crippen molar-refractivity contribution < 1.29 is 32.9 Å². The molecule has 0 saturated heterocycles. The highest BCUT2D eigenvalue weighted by Gasteiger charge is 2.24. The molecule has 9 heteroatoms. The second kappa shape index (κ2) is 7.93. The molecule has 0 aliphatic carbocycles. The third-order valence-electron chi connectivity index (χ3n) is 2.47. The van der Waals surface area contributed by atoms with E-state index in [9.17, 15) is 13.2 Å². The minimum absolute atomic E-state index is 0.124. The number of methoxy groups -OCH3 is 1. The van der Waals surface area contributed by atoms with Crippen molar-refractivity contribution in [2.24, 2.45) is 0 Å². The molecule has 118 valence electrons. The molecule has 0 amide bonds. The lowest BCUT2D eigenvalue weighted by Gasteiger charge is -2.12. The van der Waals surface area contributed by atoms with Gasteiger partial charge in [0.05, 0.1) is 18.1 Å². The molecular weight excluding hydrogens is 302 g/mol. The molecule has 0 unspecified atom stereocenters. The second-order valence-corrected chi connectivity index (χ2v) is 5.72. The zero-order valence-electron chi connectivity index (χ0n) is 11.4. The van der Waals surface area contributed by atoms with Crippen molar-refractivity contribution >= 4 is 16.0 Å². The molecule has 1 rings (SSSR count). The van der Waals surface area contributed by atoms with E-state index in [0.717, 1.165) is 0 Å². The normalized spacial score (nSPS) is 12.9. The van der Waals surface area contributed by atoms with Gasteiger partial charge >= 0.3 is 5.97 Å². The van der Waals surface area contributed by atoms with Crippen molar-refractivity contribution in [3.05, 3.63) is 24.3 Å². The number of aliphatic carboxylic acids is 1. The highest BCUT2D eigenvalue weighted by Crippen LogP contribution is 2.16.